The van der Waals surface area contributed by atoms with Crippen LogP contribution in [0.3, 0.4) is 0 Å². The van der Waals surface area contributed by atoms with Crippen molar-refractivity contribution in [1.82, 2.24) is 4.98 Å². The van der Waals surface area contributed by atoms with Crippen LogP contribution in [0.4, 0.5) is 17.1 Å². The highest BCUT2D eigenvalue weighted by Gasteiger charge is 2.11. The van der Waals surface area contributed by atoms with Crippen molar-refractivity contribution in [2.24, 2.45) is 15.2 Å². The van der Waals surface area contributed by atoms with E-state index in [1.165, 1.54) is 23.6 Å². The first kappa shape index (κ1) is 21.8. The minimum atomic E-state index is 0.0563. The molecular formula is C26H17ClN4O2S. The van der Waals surface area contributed by atoms with Crippen LogP contribution in [-0.2, 0) is 0 Å². The van der Waals surface area contributed by atoms with Gasteiger partial charge < -0.3 is 10.2 Å². The van der Waals surface area contributed by atoms with Gasteiger partial charge in [-0.3, -0.25) is 4.99 Å². The van der Waals surface area contributed by atoms with Crippen molar-refractivity contribution in [2.75, 3.05) is 0 Å². The number of halogens is 1. The quantitative estimate of drug-likeness (QED) is 0.194. The lowest BCUT2D eigenvalue weighted by molar-refractivity contribution is 0.474. The number of aromatic hydroxyl groups is 2. The van der Waals surface area contributed by atoms with Gasteiger partial charge in [-0.1, -0.05) is 29.8 Å². The Hall–Kier alpha value is -4.07. The van der Waals surface area contributed by atoms with Crippen LogP contribution in [0.2, 0.25) is 5.02 Å². The molecule has 0 fully saturated rings. The van der Waals surface area contributed by atoms with Crippen molar-refractivity contribution in [3.63, 3.8) is 0 Å². The Kier molecular flexibility index (Phi) is 6.03. The van der Waals surface area contributed by atoms with Gasteiger partial charge in [-0.2, -0.15) is 10.2 Å². The van der Waals surface area contributed by atoms with E-state index in [9.17, 15) is 10.2 Å². The zero-order chi connectivity index (χ0) is 23.5. The number of fused-ring (bicyclic) bond motifs is 1. The van der Waals surface area contributed by atoms with Crippen molar-refractivity contribution in [2.45, 2.75) is 0 Å². The molecule has 166 valence electrons. The largest absolute Gasteiger partial charge is 0.507 e. The van der Waals surface area contributed by atoms with E-state index in [2.05, 4.69) is 20.2 Å². The molecular weight excluding hydrogens is 468 g/mol. The van der Waals surface area contributed by atoms with Crippen LogP contribution < -0.4 is 0 Å². The van der Waals surface area contributed by atoms with Gasteiger partial charge in [0.05, 0.1) is 32.8 Å². The van der Waals surface area contributed by atoms with Crippen molar-refractivity contribution >= 4 is 56.4 Å². The SMILES string of the molecule is Oc1ccc(N=Nc2cccc(Cl)c2)cc1C=Nc1ccc(-c2nc3ccccc3s2)c(O)c1. The number of hydrogen-bond donors (Lipinski definition) is 2. The van der Waals surface area contributed by atoms with E-state index in [1.807, 2.05) is 24.3 Å². The van der Waals surface area contributed by atoms with E-state index in [4.69, 9.17) is 11.6 Å². The third kappa shape index (κ3) is 4.80. The standard InChI is InChI=1S/C26H17ClN4O2S/c27-17-4-3-5-19(13-17)30-31-20-9-11-23(32)16(12-20)15-28-18-8-10-21(24(33)14-18)26-29-22-6-1-2-7-25(22)34-26/h1-15,32-33H. The molecule has 5 rings (SSSR count). The van der Waals surface area contributed by atoms with Crippen molar-refractivity contribution in [3.8, 4) is 22.1 Å². The Labute approximate surface area is 204 Å². The number of thiazole rings is 1. The van der Waals surface area contributed by atoms with Gasteiger partial charge in [0.2, 0.25) is 0 Å². The summed E-state index contributed by atoms with van der Waals surface area (Å²) in [5, 5.41) is 30.5. The summed E-state index contributed by atoms with van der Waals surface area (Å²) in [6.07, 6.45) is 1.51. The summed E-state index contributed by atoms with van der Waals surface area (Å²) < 4.78 is 1.06. The predicted molar refractivity (Wildman–Crippen MR) is 138 cm³/mol. The number of phenols is 2. The van der Waals surface area contributed by atoms with Crippen LogP contribution in [0.5, 0.6) is 11.5 Å². The smallest absolute Gasteiger partial charge is 0.128 e. The summed E-state index contributed by atoms with van der Waals surface area (Å²) >= 11 is 7.49. The highest BCUT2D eigenvalue weighted by molar-refractivity contribution is 7.21. The van der Waals surface area contributed by atoms with Gasteiger partial charge in [0.25, 0.3) is 0 Å². The van der Waals surface area contributed by atoms with Gasteiger partial charge in [0, 0.05) is 22.9 Å². The third-order valence-electron chi connectivity index (χ3n) is 4.96. The average Bonchev–Trinajstić information content (AvgIpc) is 3.27. The molecule has 0 aliphatic rings. The van der Waals surface area contributed by atoms with Crippen LogP contribution in [0.1, 0.15) is 5.56 Å². The van der Waals surface area contributed by atoms with Gasteiger partial charge in [0.1, 0.15) is 16.5 Å². The number of hydrogen-bond acceptors (Lipinski definition) is 7. The average molecular weight is 485 g/mol. The minimum absolute atomic E-state index is 0.0563. The van der Waals surface area contributed by atoms with E-state index in [0.717, 1.165) is 15.2 Å². The molecule has 2 N–H and O–H groups in total. The monoisotopic (exact) mass is 484 g/mol. The van der Waals surface area contributed by atoms with Crippen LogP contribution >= 0.6 is 22.9 Å². The van der Waals surface area contributed by atoms with Crippen molar-refractivity contribution in [3.05, 3.63) is 95.5 Å². The summed E-state index contributed by atoms with van der Waals surface area (Å²) in [5.74, 6) is 0.141. The third-order valence-corrected chi connectivity index (χ3v) is 6.26. The second kappa shape index (κ2) is 9.43. The first-order valence-electron chi connectivity index (χ1n) is 10.3. The number of rotatable bonds is 5. The second-order valence-electron chi connectivity index (χ2n) is 7.37. The summed E-state index contributed by atoms with van der Waals surface area (Å²) in [7, 11) is 0. The second-order valence-corrected chi connectivity index (χ2v) is 8.84. The number of aromatic nitrogens is 1. The molecule has 8 heteroatoms. The molecule has 0 unspecified atom stereocenters. The molecule has 1 aromatic heterocycles. The lowest BCUT2D eigenvalue weighted by Gasteiger charge is -2.03. The van der Waals surface area contributed by atoms with E-state index >= 15 is 0 Å². The Bertz CT molecular complexity index is 1530. The molecule has 0 amide bonds. The molecule has 1 heterocycles. The fourth-order valence-corrected chi connectivity index (χ4v) is 4.46. The molecule has 0 saturated heterocycles. The van der Waals surface area contributed by atoms with Crippen LogP contribution in [0.25, 0.3) is 20.8 Å². The number of phenolic OH excluding ortho intramolecular Hbond substituents is 2. The first-order valence-corrected chi connectivity index (χ1v) is 11.5. The Balaban J connectivity index is 1.37. The summed E-state index contributed by atoms with van der Waals surface area (Å²) in [6.45, 7) is 0. The fourth-order valence-electron chi connectivity index (χ4n) is 3.27. The molecule has 0 bridgehead atoms. The fraction of sp³-hybridized carbons (Fsp3) is 0. The zero-order valence-electron chi connectivity index (χ0n) is 17.6. The Morgan fingerprint density at radius 3 is 2.35 bits per heavy atom. The molecule has 4 aromatic carbocycles. The predicted octanol–water partition coefficient (Wildman–Crippen LogP) is 8.19. The molecule has 0 spiro atoms. The maximum atomic E-state index is 10.6. The molecule has 0 saturated carbocycles. The van der Waals surface area contributed by atoms with Gasteiger partial charge in [-0.15, -0.1) is 11.3 Å². The molecule has 0 radical (unpaired) electrons. The van der Waals surface area contributed by atoms with Crippen LogP contribution in [0.15, 0.2) is 100 Å². The number of aliphatic imine (C=N–C) groups is 1. The highest BCUT2D eigenvalue weighted by atomic mass is 35.5. The maximum Gasteiger partial charge on any atom is 0.128 e. The lowest BCUT2D eigenvalue weighted by atomic mass is 10.1. The van der Waals surface area contributed by atoms with Crippen molar-refractivity contribution in [1.29, 1.82) is 0 Å². The van der Waals surface area contributed by atoms with Crippen LogP contribution in [0, 0.1) is 0 Å². The molecule has 34 heavy (non-hydrogen) atoms. The van der Waals surface area contributed by atoms with E-state index in [1.54, 1.807) is 54.6 Å². The Morgan fingerprint density at radius 2 is 1.56 bits per heavy atom. The molecule has 0 aliphatic carbocycles. The number of nitrogens with zero attached hydrogens (tertiary/aromatic N) is 4. The van der Waals surface area contributed by atoms with Crippen molar-refractivity contribution < 1.29 is 10.2 Å². The number of para-hydroxylation sites is 1. The molecule has 0 atom stereocenters. The van der Waals surface area contributed by atoms with Gasteiger partial charge in [-0.25, -0.2) is 4.98 Å². The molecule has 5 aromatic rings. The summed E-state index contributed by atoms with van der Waals surface area (Å²) in [4.78, 5) is 8.99. The number of azo groups is 1. The molecule has 0 aliphatic heterocycles. The minimum Gasteiger partial charge on any atom is -0.507 e. The van der Waals surface area contributed by atoms with Gasteiger partial charge in [0.15, 0.2) is 0 Å². The first-order chi connectivity index (χ1) is 16.5. The summed E-state index contributed by atoms with van der Waals surface area (Å²) in [5.41, 5.74) is 3.72. The maximum absolute atomic E-state index is 10.6. The topological polar surface area (TPSA) is 90.4 Å². The van der Waals surface area contributed by atoms with Crippen LogP contribution in [-0.4, -0.2) is 21.4 Å². The highest BCUT2D eigenvalue weighted by Crippen LogP contribution is 2.37. The lowest BCUT2D eigenvalue weighted by Crippen LogP contribution is -1.82. The molecule has 6 nitrogen and oxygen atoms in total. The summed E-state index contributed by atoms with van der Waals surface area (Å²) in [6, 6.07) is 24.9. The normalized spacial score (nSPS) is 11.7. The zero-order valence-corrected chi connectivity index (χ0v) is 19.2. The van der Waals surface area contributed by atoms with E-state index in [-0.39, 0.29) is 11.5 Å². The Morgan fingerprint density at radius 1 is 0.765 bits per heavy atom. The van der Waals surface area contributed by atoms with Gasteiger partial charge >= 0.3 is 0 Å². The van der Waals surface area contributed by atoms with E-state index in [0.29, 0.717) is 33.2 Å². The van der Waals surface area contributed by atoms with Gasteiger partial charge in [-0.05, 0) is 60.7 Å². The number of benzene rings is 4. The van der Waals surface area contributed by atoms with E-state index < -0.39 is 0 Å².